The lowest BCUT2D eigenvalue weighted by atomic mass is 9.96. The maximum absolute atomic E-state index is 12.0. The molecule has 218 valence electrons. The number of nitro benzene ring substituents is 1. The van der Waals surface area contributed by atoms with Crippen molar-refractivity contribution in [2.45, 2.75) is 0 Å². The van der Waals surface area contributed by atoms with Crippen molar-refractivity contribution in [3.05, 3.63) is 168 Å². The molecule has 6 heteroatoms. The van der Waals surface area contributed by atoms with Crippen LogP contribution in [0.2, 0.25) is 0 Å². The molecule has 0 aliphatic heterocycles. The molecule has 8 rings (SSSR count). The zero-order chi connectivity index (χ0) is 31.0. The molecule has 6 nitrogen and oxygen atoms in total. The van der Waals surface area contributed by atoms with Crippen LogP contribution in [0.1, 0.15) is 0 Å². The highest BCUT2D eigenvalue weighted by molar-refractivity contribution is 6.15. The first kappa shape index (κ1) is 27.2. The molecule has 0 saturated carbocycles. The molecule has 0 bridgehead atoms. The molecular weight excluding hydrogens is 568 g/mol. The van der Waals surface area contributed by atoms with Gasteiger partial charge in [0.05, 0.1) is 32.9 Å². The molecule has 0 saturated heterocycles. The summed E-state index contributed by atoms with van der Waals surface area (Å²) in [5.74, 6) is 0.504. The van der Waals surface area contributed by atoms with Crippen molar-refractivity contribution in [3.63, 3.8) is 0 Å². The van der Waals surface area contributed by atoms with Gasteiger partial charge in [0, 0.05) is 33.7 Å². The maximum atomic E-state index is 12.0. The predicted molar refractivity (Wildman–Crippen MR) is 185 cm³/mol. The second-order valence-electron chi connectivity index (χ2n) is 11.1. The fourth-order valence-corrected chi connectivity index (χ4v) is 6.26. The predicted octanol–water partition coefficient (Wildman–Crippen LogP) is 10.1. The van der Waals surface area contributed by atoms with E-state index in [9.17, 15) is 10.1 Å². The number of nitrogens with zero attached hydrogens (tertiary/aromatic N) is 4. The Morgan fingerprint density at radius 1 is 0.522 bits per heavy atom. The van der Waals surface area contributed by atoms with Gasteiger partial charge in [0.15, 0.2) is 5.82 Å². The summed E-state index contributed by atoms with van der Waals surface area (Å²) in [5.41, 5.74) is 8.89. The normalized spacial score (nSPS) is 11.2. The fraction of sp³-hybridized carbons (Fsp3) is 0. The average molecular weight is 595 g/mol. The molecule has 8 aromatic rings. The van der Waals surface area contributed by atoms with E-state index in [1.165, 1.54) is 16.8 Å². The van der Waals surface area contributed by atoms with E-state index in [0.29, 0.717) is 22.8 Å². The van der Waals surface area contributed by atoms with Crippen LogP contribution in [0.5, 0.6) is 0 Å². The minimum absolute atomic E-state index is 0.00129. The summed E-state index contributed by atoms with van der Waals surface area (Å²) in [4.78, 5) is 21.4. The van der Waals surface area contributed by atoms with Gasteiger partial charge in [-0.3, -0.25) is 10.1 Å². The van der Waals surface area contributed by atoms with Gasteiger partial charge >= 0.3 is 0 Å². The van der Waals surface area contributed by atoms with Crippen LogP contribution in [0.25, 0.3) is 72.5 Å². The fourth-order valence-electron chi connectivity index (χ4n) is 6.26. The Labute approximate surface area is 265 Å². The lowest BCUT2D eigenvalue weighted by Gasteiger charge is -2.12. The Hall–Kier alpha value is -6.40. The van der Waals surface area contributed by atoms with Crippen LogP contribution in [-0.4, -0.2) is 19.5 Å². The highest BCUT2D eigenvalue weighted by Crippen LogP contribution is 2.40. The van der Waals surface area contributed by atoms with Gasteiger partial charge < -0.3 is 4.57 Å². The topological polar surface area (TPSA) is 73.8 Å². The molecular formula is C40H26N4O2. The van der Waals surface area contributed by atoms with Crippen LogP contribution >= 0.6 is 0 Å². The molecule has 2 aromatic heterocycles. The molecule has 0 spiro atoms. The summed E-state index contributed by atoms with van der Waals surface area (Å²) in [6.07, 6.45) is 0. The van der Waals surface area contributed by atoms with Gasteiger partial charge in [-0.05, 0) is 53.6 Å². The van der Waals surface area contributed by atoms with Crippen molar-refractivity contribution < 1.29 is 4.92 Å². The van der Waals surface area contributed by atoms with Crippen molar-refractivity contribution in [1.29, 1.82) is 0 Å². The van der Waals surface area contributed by atoms with E-state index in [-0.39, 0.29) is 10.6 Å². The smallest absolute Gasteiger partial charge is 0.278 e. The number of para-hydroxylation sites is 3. The SMILES string of the molecule is O=[N+]([O-])c1ccccc1-c1cc(-c2cccc(-c3cccc4c3c3ccccc3n4-c3ccccc3)c2)nc(-c2ccccc2)n1. The lowest BCUT2D eigenvalue weighted by molar-refractivity contribution is -0.384. The Bertz CT molecular complexity index is 2400. The van der Waals surface area contributed by atoms with Crippen molar-refractivity contribution in [3.8, 4) is 50.7 Å². The van der Waals surface area contributed by atoms with E-state index in [4.69, 9.17) is 9.97 Å². The van der Waals surface area contributed by atoms with Crippen LogP contribution in [0.3, 0.4) is 0 Å². The zero-order valence-corrected chi connectivity index (χ0v) is 24.6. The van der Waals surface area contributed by atoms with Gasteiger partial charge in [0.1, 0.15) is 0 Å². The standard InChI is InChI=1S/C40H26N4O2/c45-44(46)37-23-10-7-19-32(37)35-26-34(41-40(42-35)27-13-3-1-4-14-27)29-16-11-15-28(25-29)31-21-12-24-38-39(31)33-20-8-9-22-36(33)43(38)30-17-5-2-6-18-30/h1-26H. The highest BCUT2D eigenvalue weighted by Gasteiger charge is 2.20. The highest BCUT2D eigenvalue weighted by atomic mass is 16.6. The number of rotatable bonds is 6. The van der Waals surface area contributed by atoms with Gasteiger partial charge in [-0.25, -0.2) is 9.97 Å². The number of hydrogen-bond acceptors (Lipinski definition) is 4. The molecule has 0 radical (unpaired) electrons. The van der Waals surface area contributed by atoms with Crippen LogP contribution in [0.15, 0.2) is 158 Å². The second kappa shape index (κ2) is 11.3. The van der Waals surface area contributed by atoms with E-state index >= 15 is 0 Å². The zero-order valence-electron chi connectivity index (χ0n) is 24.6. The third kappa shape index (κ3) is 4.69. The Morgan fingerprint density at radius 2 is 1.13 bits per heavy atom. The van der Waals surface area contributed by atoms with Gasteiger partial charge in [-0.15, -0.1) is 0 Å². The molecule has 0 aliphatic rings. The van der Waals surface area contributed by atoms with E-state index < -0.39 is 0 Å². The van der Waals surface area contributed by atoms with Crippen molar-refractivity contribution >= 4 is 27.5 Å². The van der Waals surface area contributed by atoms with Gasteiger partial charge in [-0.2, -0.15) is 0 Å². The largest absolute Gasteiger partial charge is 0.309 e. The quantitative estimate of drug-likeness (QED) is 0.142. The molecule has 46 heavy (non-hydrogen) atoms. The van der Waals surface area contributed by atoms with Crippen LogP contribution in [0.4, 0.5) is 5.69 Å². The van der Waals surface area contributed by atoms with Gasteiger partial charge in [-0.1, -0.05) is 109 Å². The van der Waals surface area contributed by atoms with Crippen molar-refractivity contribution in [1.82, 2.24) is 14.5 Å². The molecule has 0 N–H and O–H groups in total. The number of fused-ring (bicyclic) bond motifs is 3. The third-order valence-corrected chi connectivity index (χ3v) is 8.32. The summed E-state index contributed by atoms with van der Waals surface area (Å²) in [7, 11) is 0. The second-order valence-corrected chi connectivity index (χ2v) is 11.1. The summed E-state index contributed by atoms with van der Waals surface area (Å²) >= 11 is 0. The number of hydrogen-bond donors (Lipinski definition) is 0. The number of nitro groups is 1. The Kier molecular flexibility index (Phi) is 6.65. The minimum Gasteiger partial charge on any atom is -0.309 e. The van der Waals surface area contributed by atoms with Crippen LogP contribution in [-0.2, 0) is 0 Å². The summed E-state index contributed by atoms with van der Waals surface area (Å²) in [6, 6.07) is 51.9. The first-order chi connectivity index (χ1) is 22.7. The third-order valence-electron chi connectivity index (χ3n) is 8.32. The van der Waals surface area contributed by atoms with Crippen LogP contribution < -0.4 is 0 Å². The molecule has 0 amide bonds. The van der Waals surface area contributed by atoms with E-state index in [1.807, 2.05) is 54.6 Å². The summed E-state index contributed by atoms with van der Waals surface area (Å²) in [6.45, 7) is 0. The molecule has 0 unspecified atom stereocenters. The molecule has 0 atom stereocenters. The van der Waals surface area contributed by atoms with Gasteiger partial charge in [0.25, 0.3) is 5.69 Å². The number of benzene rings is 6. The first-order valence-electron chi connectivity index (χ1n) is 15.0. The van der Waals surface area contributed by atoms with Crippen molar-refractivity contribution in [2.75, 3.05) is 0 Å². The average Bonchev–Trinajstić information content (AvgIpc) is 3.47. The monoisotopic (exact) mass is 594 g/mol. The molecule has 6 aromatic carbocycles. The number of aromatic nitrogens is 3. The van der Waals surface area contributed by atoms with E-state index in [2.05, 4.69) is 83.4 Å². The maximum Gasteiger partial charge on any atom is 0.278 e. The first-order valence-corrected chi connectivity index (χ1v) is 15.0. The van der Waals surface area contributed by atoms with Gasteiger partial charge in [0.2, 0.25) is 0 Å². The molecule has 2 heterocycles. The summed E-state index contributed by atoms with van der Waals surface area (Å²) in [5, 5.41) is 14.3. The Morgan fingerprint density at radius 3 is 1.96 bits per heavy atom. The van der Waals surface area contributed by atoms with Crippen LogP contribution in [0, 0.1) is 10.1 Å². The van der Waals surface area contributed by atoms with Crippen molar-refractivity contribution in [2.24, 2.45) is 0 Å². The van der Waals surface area contributed by atoms with E-state index in [0.717, 1.165) is 39.0 Å². The molecule has 0 aliphatic carbocycles. The minimum atomic E-state index is -0.369. The molecule has 0 fully saturated rings. The van der Waals surface area contributed by atoms with E-state index in [1.54, 1.807) is 18.2 Å². The summed E-state index contributed by atoms with van der Waals surface area (Å²) < 4.78 is 2.31. The Balaban J connectivity index is 1.33. The lowest BCUT2D eigenvalue weighted by Crippen LogP contribution is -1.98.